The van der Waals surface area contributed by atoms with Gasteiger partial charge >= 0.3 is 5.97 Å². The van der Waals surface area contributed by atoms with Crippen LogP contribution in [0, 0.1) is 11.8 Å². The molecule has 0 radical (unpaired) electrons. The van der Waals surface area contributed by atoms with Crippen molar-refractivity contribution in [2.45, 2.75) is 31.1 Å². The van der Waals surface area contributed by atoms with Crippen LogP contribution in [0.5, 0.6) is 0 Å². The Labute approximate surface area is 146 Å². The van der Waals surface area contributed by atoms with E-state index in [1.165, 1.54) is 0 Å². The lowest BCUT2D eigenvalue weighted by Gasteiger charge is -2.32. The number of rotatable bonds is 5. The summed E-state index contributed by atoms with van der Waals surface area (Å²) in [6.45, 7) is 5.90. The molecule has 1 aromatic rings. The topological polar surface area (TPSA) is 55.8 Å². The summed E-state index contributed by atoms with van der Waals surface area (Å²) < 4.78 is 11.5. The molecule has 4 rings (SSSR count). The average Bonchev–Trinajstić information content (AvgIpc) is 3.25. The van der Waals surface area contributed by atoms with Crippen LogP contribution in [0.4, 0.5) is 5.69 Å². The van der Waals surface area contributed by atoms with Crippen molar-refractivity contribution in [1.29, 1.82) is 0 Å². The number of carbonyl (C=O) groups is 2. The fourth-order valence-corrected chi connectivity index (χ4v) is 4.50. The monoisotopic (exact) mass is 339 g/mol. The summed E-state index contributed by atoms with van der Waals surface area (Å²) in [5.74, 6) is -1.57. The van der Waals surface area contributed by atoms with E-state index in [-0.39, 0.29) is 24.5 Å². The molecule has 2 fully saturated rings. The number of ether oxygens (including phenoxy) is 2. The predicted molar refractivity (Wildman–Crippen MR) is 92.9 cm³/mol. The summed E-state index contributed by atoms with van der Waals surface area (Å²) in [5.41, 5.74) is 0.0228. The van der Waals surface area contributed by atoms with Crippen molar-refractivity contribution in [3.05, 3.63) is 55.1 Å². The molecule has 5 unspecified atom stereocenters. The van der Waals surface area contributed by atoms with Crippen LogP contribution in [0.2, 0.25) is 0 Å². The third-order valence-corrected chi connectivity index (χ3v) is 5.40. The lowest BCUT2D eigenvalue weighted by molar-refractivity contribution is -0.151. The minimum Gasteiger partial charge on any atom is -0.466 e. The van der Waals surface area contributed by atoms with Gasteiger partial charge < -0.3 is 14.4 Å². The number of fused-ring (bicyclic) bond motifs is 1. The molecule has 5 nitrogen and oxygen atoms in total. The van der Waals surface area contributed by atoms with Crippen molar-refractivity contribution in [2.24, 2.45) is 11.8 Å². The molecule has 3 aliphatic heterocycles. The average molecular weight is 339 g/mol. The highest BCUT2D eigenvalue weighted by molar-refractivity contribution is 6.03. The van der Waals surface area contributed by atoms with E-state index < -0.39 is 23.5 Å². The predicted octanol–water partition coefficient (Wildman–Crippen LogP) is 2.48. The molecular weight excluding hydrogens is 318 g/mol. The molecule has 3 aliphatic rings. The molecule has 5 heteroatoms. The van der Waals surface area contributed by atoms with Crippen LogP contribution in [0.25, 0.3) is 0 Å². The van der Waals surface area contributed by atoms with E-state index in [2.05, 4.69) is 6.58 Å². The quantitative estimate of drug-likeness (QED) is 0.611. The molecule has 1 amide bonds. The second-order valence-corrected chi connectivity index (χ2v) is 6.63. The zero-order valence-electron chi connectivity index (χ0n) is 14.1. The van der Waals surface area contributed by atoms with Crippen LogP contribution in [0.3, 0.4) is 0 Å². The van der Waals surface area contributed by atoms with Crippen LogP contribution >= 0.6 is 0 Å². The van der Waals surface area contributed by atoms with Gasteiger partial charge in [0.2, 0.25) is 5.91 Å². The minimum absolute atomic E-state index is 0.0806. The maximum Gasteiger partial charge on any atom is 0.312 e. The SMILES string of the molecule is C=CCC1N(c2ccccc2)C(=O)C2C(C(=O)OCC)C3C=CC21O3. The Morgan fingerprint density at radius 3 is 2.84 bits per heavy atom. The Kier molecular flexibility index (Phi) is 3.76. The Balaban J connectivity index is 1.79. The van der Waals surface area contributed by atoms with E-state index in [0.717, 1.165) is 5.69 Å². The van der Waals surface area contributed by atoms with Gasteiger partial charge in [-0.1, -0.05) is 36.4 Å². The summed E-state index contributed by atoms with van der Waals surface area (Å²) in [6, 6.07) is 9.30. The number of esters is 1. The molecule has 0 saturated carbocycles. The van der Waals surface area contributed by atoms with Gasteiger partial charge in [-0.15, -0.1) is 6.58 Å². The molecule has 2 saturated heterocycles. The largest absolute Gasteiger partial charge is 0.466 e. The van der Waals surface area contributed by atoms with Gasteiger partial charge in [0.05, 0.1) is 24.7 Å². The van der Waals surface area contributed by atoms with Gasteiger partial charge in [-0.3, -0.25) is 9.59 Å². The molecule has 3 heterocycles. The first-order valence-corrected chi connectivity index (χ1v) is 8.67. The lowest BCUT2D eigenvalue weighted by Crippen LogP contribution is -2.45. The summed E-state index contributed by atoms with van der Waals surface area (Å²) in [6.07, 6.45) is 5.86. The van der Waals surface area contributed by atoms with E-state index >= 15 is 0 Å². The van der Waals surface area contributed by atoms with E-state index in [1.54, 1.807) is 17.9 Å². The molecule has 0 aromatic heterocycles. The Bertz CT molecular complexity index is 743. The molecule has 1 spiro atoms. The molecule has 25 heavy (non-hydrogen) atoms. The smallest absolute Gasteiger partial charge is 0.312 e. The number of amides is 1. The van der Waals surface area contributed by atoms with Gasteiger partial charge in [0.1, 0.15) is 11.5 Å². The molecule has 130 valence electrons. The normalized spacial score (nSPS) is 35.1. The number of anilines is 1. The van der Waals surface area contributed by atoms with Crippen molar-refractivity contribution in [1.82, 2.24) is 0 Å². The number of hydrogen-bond donors (Lipinski definition) is 0. The summed E-state index contributed by atoms with van der Waals surface area (Å²) in [5, 5.41) is 0. The Hall–Kier alpha value is -2.40. The number of hydrogen-bond acceptors (Lipinski definition) is 4. The van der Waals surface area contributed by atoms with Gasteiger partial charge in [0.25, 0.3) is 0 Å². The second-order valence-electron chi connectivity index (χ2n) is 6.63. The maximum absolute atomic E-state index is 13.3. The second kappa shape index (κ2) is 5.85. The van der Waals surface area contributed by atoms with Crippen LogP contribution in [0.15, 0.2) is 55.1 Å². The van der Waals surface area contributed by atoms with Crippen molar-refractivity contribution < 1.29 is 19.1 Å². The van der Waals surface area contributed by atoms with Crippen LogP contribution in [-0.2, 0) is 19.1 Å². The lowest BCUT2D eigenvalue weighted by atomic mass is 9.74. The highest BCUT2D eigenvalue weighted by Crippen LogP contribution is 2.56. The number of para-hydroxylation sites is 1. The molecule has 2 bridgehead atoms. The maximum atomic E-state index is 13.3. The van der Waals surface area contributed by atoms with Gasteiger partial charge in [0, 0.05) is 5.69 Å². The fraction of sp³-hybridized carbons (Fsp3) is 0.400. The molecular formula is C20H21NO4. The zero-order chi connectivity index (χ0) is 17.6. The molecule has 5 atom stereocenters. The number of carbonyl (C=O) groups excluding carboxylic acids is 2. The number of benzene rings is 1. The third-order valence-electron chi connectivity index (χ3n) is 5.40. The van der Waals surface area contributed by atoms with Gasteiger partial charge in [-0.2, -0.15) is 0 Å². The summed E-state index contributed by atoms with van der Waals surface area (Å²) in [4.78, 5) is 27.6. The van der Waals surface area contributed by atoms with E-state index in [4.69, 9.17) is 9.47 Å². The molecule has 1 aromatic carbocycles. The van der Waals surface area contributed by atoms with Gasteiger partial charge in [0.15, 0.2) is 0 Å². The zero-order valence-corrected chi connectivity index (χ0v) is 14.1. The fourth-order valence-electron chi connectivity index (χ4n) is 4.50. The van der Waals surface area contributed by atoms with E-state index in [9.17, 15) is 9.59 Å². The molecule has 0 aliphatic carbocycles. The van der Waals surface area contributed by atoms with Crippen molar-refractivity contribution >= 4 is 17.6 Å². The van der Waals surface area contributed by atoms with Crippen LogP contribution in [0.1, 0.15) is 13.3 Å². The first kappa shape index (κ1) is 16.1. The highest BCUT2D eigenvalue weighted by atomic mass is 16.6. The summed E-state index contributed by atoms with van der Waals surface area (Å²) >= 11 is 0. The van der Waals surface area contributed by atoms with E-state index in [1.807, 2.05) is 42.5 Å². The van der Waals surface area contributed by atoms with Crippen molar-refractivity contribution in [3.63, 3.8) is 0 Å². The van der Waals surface area contributed by atoms with E-state index in [0.29, 0.717) is 6.42 Å². The van der Waals surface area contributed by atoms with Crippen molar-refractivity contribution in [2.75, 3.05) is 11.5 Å². The first-order chi connectivity index (χ1) is 12.1. The Morgan fingerprint density at radius 2 is 2.16 bits per heavy atom. The van der Waals surface area contributed by atoms with Crippen LogP contribution in [-0.4, -0.2) is 36.2 Å². The third kappa shape index (κ3) is 2.12. The van der Waals surface area contributed by atoms with Crippen molar-refractivity contribution in [3.8, 4) is 0 Å². The first-order valence-electron chi connectivity index (χ1n) is 8.67. The standard InChI is InChI=1S/C20H21NO4/c1-3-8-15-20-12-11-14(25-20)16(19(23)24-4-2)17(20)18(22)21(15)13-9-6-5-7-10-13/h3,5-7,9-12,14-17H,1,4,8H2,2H3. The Morgan fingerprint density at radius 1 is 1.40 bits per heavy atom. The van der Waals surface area contributed by atoms with Gasteiger partial charge in [-0.25, -0.2) is 0 Å². The highest BCUT2D eigenvalue weighted by Gasteiger charge is 2.71. The van der Waals surface area contributed by atoms with Gasteiger partial charge in [-0.05, 0) is 25.5 Å². The number of nitrogens with zero attached hydrogens (tertiary/aromatic N) is 1. The van der Waals surface area contributed by atoms with Crippen LogP contribution < -0.4 is 4.90 Å². The molecule has 0 N–H and O–H groups in total. The summed E-state index contributed by atoms with van der Waals surface area (Å²) in [7, 11) is 0. The minimum atomic E-state index is -0.788.